The van der Waals surface area contributed by atoms with Crippen molar-refractivity contribution in [1.82, 2.24) is 10.2 Å². The first kappa shape index (κ1) is 23.2. The van der Waals surface area contributed by atoms with Gasteiger partial charge in [0.2, 0.25) is 5.91 Å². The monoisotopic (exact) mass is 432 g/mol. The molecule has 1 aromatic rings. The van der Waals surface area contributed by atoms with Gasteiger partial charge in [-0.05, 0) is 45.1 Å². The van der Waals surface area contributed by atoms with Crippen LogP contribution in [0, 0.1) is 0 Å². The van der Waals surface area contributed by atoms with Crippen LogP contribution in [0.25, 0.3) is 0 Å². The zero-order valence-electron chi connectivity index (χ0n) is 18.2. The van der Waals surface area contributed by atoms with E-state index in [1.807, 2.05) is 30.3 Å². The lowest BCUT2D eigenvalue weighted by Gasteiger charge is -2.28. The van der Waals surface area contributed by atoms with Gasteiger partial charge in [0.1, 0.15) is 12.1 Å². The number of likely N-dealkylation sites (tertiary alicyclic amines) is 1. The third-order valence-electron chi connectivity index (χ3n) is 6.11. The van der Waals surface area contributed by atoms with Crippen LogP contribution in [-0.4, -0.2) is 71.3 Å². The Bertz CT molecular complexity index is 778. The number of aryl methyl sites for hydroxylation is 1. The second-order valence-electron chi connectivity index (χ2n) is 8.38. The van der Waals surface area contributed by atoms with Crippen molar-refractivity contribution in [3.8, 4) is 0 Å². The Kier molecular flexibility index (Phi) is 7.67. The van der Waals surface area contributed by atoms with Crippen molar-refractivity contribution in [2.24, 2.45) is 0 Å². The van der Waals surface area contributed by atoms with Gasteiger partial charge in [0.25, 0.3) is 0 Å². The van der Waals surface area contributed by atoms with Gasteiger partial charge in [0.05, 0.1) is 24.8 Å². The lowest BCUT2D eigenvalue weighted by Crippen LogP contribution is -2.53. The predicted octanol–water partition coefficient (Wildman–Crippen LogP) is 1.76. The molecule has 0 radical (unpaired) electrons. The van der Waals surface area contributed by atoms with E-state index in [0.717, 1.165) is 18.4 Å². The van der Waals surface area contributed by atoms with E-state index < -0.39 is 35.7 Å². The molecule has 3 rings (SSSR count). The highest BCUT2D eigenvalue weighted by Crippen LogP contribution is 2.38. The van der Waals surface area contributed by atoms with Gasteiger partial charge in [-0.25, -0.2) is 4.79 Å². The SMILES string of the molecule is CCOC(=O)C(CCc1ccccc1)N[C@@H](C)C(=O)N1CC2(CCCO2)CC1C(=O)O. The normalized spacial score (nSPS) is 24.8. The molecule has 2 N–H and O–H groups in total. The summed E-state index contributed by atoms with van der Waals surface area (Å²) in [4.78, 5) is 38.9. The Labute approximate surface area is 182 Å². The van der Waals surface area contributed by atoms with Gasteiger partial charge in [-0.15, -0.1) is 0 Å². The van der Waals surface area contributed by atoms with E-state index in [1.165, 1.54) is 4.90 Å². The minimum Gasteiger partial charge on any atom is -0.480 e. The smallest absolute Gasteiger partial charge is 0.326 e. The molecule has 170 valence electrons. The third-order valence-corrected chi connectivity index (χ3v) is 6.11. The van der Waals surface area contributed by atoms with Gasteiger partial charge in [-0.3, -0.25) is 14.9 Å². The molecule has 0 bridgehead atoms. The van der Waals surface area contributed by atoms with Crippen LogP contribution >= 0.6 is 0 Å². The van der Waals surface area contributed by atoms with Crippen molar-refractivity contribution in [2.45, 2.75) is 69.7 Å². The van der Waals surface area contributed by atoms with Crippen LogP contribution in [0.1, 0.15) is 45.1 Å². The number of amides is 1. The van der Waals surface area contributed by atoms with E-state index in [4.69, 9.17) is 9.47 Å². The number of carbonyl (C=O) groups is 3. The van der Waals surface area contributed by atoms with E-state index in [0.29, 0.717) is 25.9 Å². The van der Waals surface area contributed by atoms with Crippen LogP contribution in [0.3, 0.4) is 0 Å². The zero-order valence-corrected chi connectivity index (χ0v) is 18.2. The zero-order chi connectivity index (χ0) is 22.4. The maximum Gasteiger partial charge on any atom is 0.326 e. The fourth-order valence-corrected chi connectivity index (χ4v) is 4.53. The van der Waals surface area contributed by atoms with Crippen molar-refractivity contribution in [3.63, 3.8) is 0 Å². The molecule has 8 heteroatoms. The number of aliphatic carboxylic acids is 1. The van der Waals surface area contributed by atoms with Crippen LogP contribution in [0.4, 0.5) is 0 Å². The fraction of sp³-hybridized carbons (Fsp3) is 0.609. The van der Waals surface area contributed by atoms with Crippen LogP contribution < -0.4 is 5.32 Å². The Morgan fingerprint density at radius 1 is 1.32 bits per heavy atom. The first-order chi connectivity index (χ1) is 14.8. The van der Waals surface area contributed by atoms with E-state index >= 15 is 0 Å². The summed E-state index contributed by atoms with van der Waals surface area (Å²) in [6.07, 6.45) is 3.04. The molecular formula is C23H32N2O6. The number of rotatable bonds is 9. The quantitative estimate of drug-likeness (QED) is 0.573. The molecule has 1 spiro atoms. The largest absolute Gasteiger partial charge is 0.480 e. The Balaban J connectivity index is 1.67. The van der Waals surface area contributed by atoms with Gasteiger partial charge in [-0.2, -0.15) is 0 Å². The second-order valence-corrected chi connectivity index (χ2v) is 8.38. The van der Waals surface area contributed by atoms with Crippen LogP contribution in [0.15, 0.2) is 30.3 Å². The van der Waals surface area contributed by atoms with Crippen LogP contribution in [-0.2, 0) is 30.3 Å². The van der Waals surface area contributed by atoms with E-state index in [9.17, 15) is 19.5 Å². The number of esters is 1. The lowest BCUT2D eigenvalue weighted by molar-refractivity contribution is -0.150. The molecule has 3 unspecified atom stereocenters. The number of nitrogens with zero attached hydrogens (tertiary/aromatic N) is 1. The molecule has 1 aromatic carbocycles. The summed E-state index contributed by atoms with van der Waals surface area (Å²) in [5.41, 5.74) is 0.523. The number of carboxylic acids is 1. The standard InChI is InChI=1S/C23H32N2O6/c1-3-30-22(29)18(11-10-17-8-5-4-6-9-17)24-16(2)20(26)25-15-23(12-7-13-31-23)14-19(25)21(27)28/h4-6,8-9,16,18-19,24H,3,7,10-15H2,1-2H3,(H,27,28)/t16-,18?,19?,23?/m0/s1. The predicted molar refractivity (Wildman–Crippen MR) is 113 cm³/mol. The Morgan fingerprint density at radius 2 is 2.06 bits per heavy atom. The third kappa shape index (κ3) is 5.62. The lowest BCUT2D eigenvalue weighted by atomic mass is 9.97. The number of carbonyl (C=O) groups excluding carboxylic acids is 2. The Hall–Kier alpha value is -2.45. The summed E-state index contributed by atoms with van der Waals surface area (Å²) in [5, 5.41) is 12.8. The number of benzene rings is 1. The van der Waals surface area contributed by atoms with Crippen LogP contribution in [0.2, 0.25) is 0 Å². The number of hydrogen-bond acceptors (Lipinski definition) is 6. The highest BCUT2D eigenvalue weighted by molar-refractivity contribution is 5.88. The summed E-state index contributed by atoms with van der Waals surface area (Å²) in [6, 6.07) is 7.47. The molecule has 8 nitrogen and oxygen atoms in total. The molecule has 1 amide bonds. The summed E-state index contributed by atoms with van der Waals surface area (Å²) >= 11 is 0. The minimum absolute atomic E-state index is 0.248. The molecule has 2 aliphatic heterocycles. The molecule has 2 saturated heterocycles. The second kappa shape index (κ2) is 10.2. The van der Waals surface area contributed by atoms with Crippen molar-refractivity contribution >= 4 is 17.8 Å². The molecule has 2 heterocycles. The highest BCUT2D eigenvalue weighted by atomic mass is 16.5. The molecule has 0 aliphatic carbocycles. The van der Waals surface area contributed by atoms with Gasteiger partial charge in [0, 0.05) is 13.0 Å². The number of nitrogens with one attached hydrogen (secondary N) is 1. The first-order valence-corrected chi connectivity index (χ1v) is 11.0. The average molecular weight is 433 g/mol. The van der Waals surface area contributed by atoms with Gasteiger partial charge in [0.15, 0.2) is 0 Å². The van der Waals surface area contributed by atoms with E-state index in [2.05, 4.69) is 5.32 Å². The summed E-state index contributed by atoms with van der Waals surface area (Å²) < 4.78 is 11.0. The van der Waals surface area contributed by atoms with E-state index in [-0.39, 0.29) is 19.1 Å². The average Bonchev–Trinajstić information content (AvgIpc) is 3.38. The summed E-state index contributed by atoms with van der Waals surface area (Å²) in [5.74, 6) is -1.78. The Morgan fingerprint density at radius 3 is 2.68 bits per heavy atom. The van der Waals surface area contributed by atoms with Crippen LogP contribution in [0.5, 0.6) is 0 Å². The van der Waals surface area contributed by atoms with Gasteiger partial charge in [-0.1, -0.05) is 30.3 Å². The molecule has 2 aliphatic rings. The molecule has 2 fully saturated rings. The topological polar surface area (TPSA) is 105 Å². The number of carboxylic acid groups (broad SMARTS) is 1. The number of hydrogen-bond donors (Lipinski definition) is 2. The summed E-state index contributed by atoms with van der Waals surface area (Å²) in [7, 11) is 0. The molecule has 0 aromatic heterocycles. The van der Waals surface area contributed by atoms with Crippen molar-refractivity contribution in [3.05, 3.63) is 35.9 Å². The molecule has 4 atom stereocenters. The van der Waals surface area contributed by atoms with E-state index in [1.54, 1.807) is 13.8 Å². The fourth-order valence-electron chi connectivity index (χ4n) is 4.53. The maximum atomic E-state index is 13.2. The van der Waals surface area contributed by atoms with Gasteiger partial charge < -0.3 is 19.5 Å². The van der Waals surface area contributed by atoms with Crippen molar-refractivity contribution in [1.29, 1.82) is 0 Å². The molecule has 31 heavy (non-hydrogen) atoms. The van der Waals surface area contributed by atoms with Crippen molar-refractivity contribution < 1.29 is 29.0 Å². The number of ether oxygens (including phenoxy) is 2. The molecule has 0 saturated carbocycles. The summed E-state index contributed by atoms with van der Waals surface area (Å²) in [6.45, 7) is 4.51. The first-order valence-electron chi connectivity index (χ1n) is 11.0. The van der Waals surface area contributed by atoms with Crippen molar-refractivity contribution in [2.75, 3.05) is 19.8 Å². The molecular weight excluding hydrogens is 400 g/mol. The highest BCUT2D eigenvalue weighted by Gasteiger charge is 2.51. The maximum absolute atomic E-state index is 13.2. The minimum atomic E-state index is -1.03. The van der Waals surface area contributed by atoms with Gasteiger partial charge >= 0.3 is 11.9 Å².